The summed E-state index contributed by atoms with van der Waals surface area (Å²) in [4.78, 5) is 26.7. The SMILES string of the molecule is CC1(C)CC(=O)C2=C(C1)Nc1[nH]n(-c3ccccc3)c(=O)c1[C@@H]2c1ccccc1. The van der Waals surface area contributed by atoms with Crippen LogP contribution in [0.5, 0.6) is 0 Å². The molecule has 0 amide bonds. The predicted octanol–water partition coefficient (Wildman–Crippen LogP) is 4.37. The maximum atomic E-state index is 13.5. The number of H-pyrrole nitrogens is 1. The first-order valence-electron chi connectivity index (χ1n) is 9.93. The van der Waals surface area contributed by atoms with E-state index in [0.29, 0.717) is 17.8 Å². The van der Waals surface area contributed by atoms with Gasteiger partial charge in [-0.25, -0.2) is 4.68 Å². The van der Waals surface area contributed by atoms with Crippen molar-refractivity contribution in [2.45, 2.75) is 32.6 Å². The Kier molecular flexibility index (Phi) is 3.88. The molecule has 29 heavy (non-hydrogen) atoms. The van der Waals surface area contributed by atoms with Gasteiger partial charge in [0, 0.05) is 23.6 Å². The average molecular weight is 385 g/mol. The Morgan fingerprint density at radius 3 is 2.28 bits per heavy atom. The lowest BCUT2D eigenvalue weighted by atomic mass is 9.69. The number of hydrogen-bond donors (Lipinski definition) is 2. The molecule has 5 nitrogen and oxygen atoms in total. The molecule has 0 fully saturated rings. The number of aromatic amines is 1. The molecule has 0 saturated carbocycles. The summed E-state index contributed by atoms with van der Waals surface area (Å²) in [5.74, 6) is 0.437. The van der Waals surface area contributed by atoms with E-state index >= 15 is 0 Å². The second-order valence-corrected chi connectivity index (χ2v) is 8.68. The first-order chi connectivity index (χ1) is 13.9. The highest BCUT2D eigenvalue weighted by Gasteiger charge is 2.42. The molecule has 2 heterocycles. The van der Waals surface area contributed by atoms with Gasteiger partial charge >= 0.3 is 0 Å². The lowest BCUT2D eigenvalue weighted by Gasteiger charge is -2.37. The smallest absolute Gasteiger partial charge is 0.277 e. The minimum Gasteiger partial charge on any atom is -0.343 e. The van der Waals surface area contributed by atoms with Crippen LogP contribution in [0.25, 0.3) is 5.69 Å². The third kappa shape index (κ3) is 2.85. The second-order valence-electron chi connectivity index (χ2n) is 8.68. The summed E-state index contributed by atoms with van der Waals surface area (Å²) < 4.78 is 1.56. The highest BCUT2D eigenvalue weighted by molar-refractivity contribution is 6.01. The predicted molar refractivity (Wildman–Crippen MR) is 113 cm³/mol. The molecule has 2 N–H and O–H groups in total. The van der Waals surface area contributed by atoms with Gasteiger partial charge in [0.05, 0.1) is 11.3 Å². The van der Waals surface area contributed by atoms with Crippen molar-refractivity contribution < 1.29 is 4.79 Å². The number of hydrogen-bond acceptors (Lipinski definition) is 3. The van der Waals surface area contributed by atoms with Crippen molar-refractivity contribution in [1.29, 1.82) is 0 Å². The molecule has 2 aromatic carbocycles. The van der Waals surface area contributed by atoms with Crippen LogP contribution in [0.2, 0.25) is 0 Å². The molecule has 1 atom stereocenters. The van der Waals surface area contributed by atoms with Crippen molar-refractivity contribution in [3.63, 3.8) is 0 Å². The minimum absolute atomic E-state index is 0.107. The van der Waals surface area contributed by atoms with Crippen LogP contribution >= 0.6 is 0 Å². The van der Waals surface area contributed by atoms with Gasteiger partial charge < -0.3 is 5.32 Å². The number of nitrogens with one attached hydrogen (secondary N) is 2. The number of carbonyl (C=O) groups is 1. The number of anilines is 1. The maximum absolute atomic E-state index is 13.5. The van der Waals surface area contributed by atoms with E-state index in [-0.39, 0.29) is 22.7 Å². The molecule has 0 spiro atoms. The number of carbonyl (C=O) groups excluding carboxylic acids is 1. The van der Waals surface area contributed by atoms with Gasteiger partial charge in [-0.2, -0.15) is 0 Å². The zero-order valence-electron chi connectivity index (χ0n) is 16.5. The Balaban J connectivity index is 1.75. The number of rotatable bonds is 2. The monoisotopic (exact) mass is 385 g/mol. The number of allylic oxidation sites excluding steroid dienone is 2. The first kappa shape index (κ1) is 17.7. The molecule has 0 bridgehead atoms. The third-order valence-corrected chi connectivity index (χ3v) is 5.85. The van der Waals surface area contributed by atoms with Crippen molar-refractivity contribution in [2.75, 3.05) is 5.32 Å². The maximum Gasteiger partial charge on any atom is 0.277 e. The van der Waals surface area contributed by atoms with Crippen molar-refractivity contribution >= 4 is 11.6 Å². The highest BCUT2D eigenvalue weighted by Crippen LogP contribution is 2.47. The van der Waals surface area contributed by atoms with Crippen LogP contribution in [0.3, 0.4) is 0 Å². The number of para-hydroxylation sites is 1. The van der Waals surface area contributed by atoms with Crippen molar-refractivity contribution in [3.8, 4) is 5.69 Å². The fourth-order valence-electron chi connectivity index (χ4n) is 4.63. The minimum atomic E-state index is -0.361. The van der Waals surface area contributed by atoms with Crippen molar-refractivity contribution in [2.24, 2.45) is 5.41 Å². The van der Waals surface area contributed by atoms with E-state index < -0.39 is 0 Å². The van der Waals surface area contributed by atoms with Gasteiger partial charge in [0.25, 0.3) is 5.56 Å². The summed E-state index contributed by atoms with van der Waals surface area (Å²) in [6, 6.07) is 19.4. The molecular weight excluding hydrogens is 362 g/mol. The lowest BCUT2D eigenvalue weighted by Crippen LogP contribution is -2.35. The summed E-state index contributed by atoms with van der Waals surface area (Å²) in [5.41, 5.74) is 3.76. The zero-order valence-corrected chi connectivity index (χ0v) is 16.5. The van der Waals surface area contributed by atoms with Crippen molar-refractivity contribution in [3.05, 3.63) is 93.4 Å². The molecule has 1 aliphatic heterocycles. The Hall–Kier alpha value is -3.34. The van der Waals surface area contributed by atoms with Crippen LogP contribution < -0.4 is 10.9 Å². The average Bonchev–Trinajstić information content (AvgIpc) is 3.03. The van der Waals surface area contributed by atoms with Crippen LogP contribution in [-0.4, -0.2) is 15.6 Å². The second kappa shape index (κ2) is 6.34. The molecule has 5 heteroatoms. The number of ketones is 1. The fourth-order valence-corrected chi connectivity index (χ4v) is 4.63. The van der Waals surface area contributed by atoms with Gasteiger partial charge in [-0.15, -0.1) is 0 Å². The van der Waals surface area contributed by atoms with E-state index in [9.17, 15) is 9.59 Å². The molecular formula is C24H23N3O2. The molecule has 146 valence electrons. The fraction of sp³-hybridized carbons (Fsp3) is 0.250. The molecule has 1 aromatic heterocycles. The molecule has 3 aromatic rings. The third-order valence-electron chi connectivity index (χ3n) is 5.85. The van der Waals surface area contributed by atoms with E-state index in [0.717, 1.165) is 28.9 Å². The standard InChI is InChI=1S/C24H23N3O2/c1-24(2)13-17-20(18(28)14-24)19(15-9-5-3-6-10-15)21-22(25-17)26-27(23(21)29)16-11-7-4-8-12-16/h3-12,19,25-26H,13-14H2,1-2H3/t19-/m1/s1. The van der Waals surface area contributed by atoms with Gasteiger partial charge in [-0.05, 0) is 29.5 Å². The van der Waals surface area contributed by atoms with Crippen LogP contribution in [0.15, 0.2) is 76.7 Å². The van der Waals surface area contributed by atoms with Gasteiger partial charge in [0.2, 0.25) is 0 Å². The van der Waals surface area contributed by atoms with Crippen LogP contribution in [0, 0.1) is 5.41 Å². The number of fused-ring (bicyclic) bond motifs is 1. The van der Waals surface area contributed by atoms with E-state index in [4.69, 9.17) is 0 Å². The van der Waals surface area contributed by atoms with Crippen LogP contribution in [-0.2, 0) is 4.79 Å². The van der Waals surface area contributed by atoms with E-state index in [1.807, 2.05) is 60.7 Å². The van der Waals surface area contributed by atoms with Gasteiger partial charge in [0.1, 0.15) is 5.82 Å². The molecule has 5 rings (SSSR count). The largest absolute Gasteiger partial charge is 0.343 e. The van der Waals surface area contributed by atoms with Crippen LogP contribution in [0.4, 0.5) is 5.82 Å². The topological polar surface area (TPSA) is 66.9 Å². The van der Waals surface area contributed by atoms with Crippen molar-refractivity contribution in [1.82, 2.24) is 9.78 Å². The van der Waals surface area contributed by atoms with Gasteiger partial charge in [-0.3, -0.25) is 14.7 Å². The Morgan fingerprint density at radius 2 is 1.59 bits per heavy atom. The summed E-state index contributed by atoms with van der Waals surface area (Å²) in [5, 5.41) is 6.64. The van der Waals surface area contributed by atoms with Gasteiger partial charge in [-0.1, -0.05) is 62.4 Å². The Bertz CT molecular complexity index is 1180. The van der Waals surface area contributed by atoms with E-state index in [2.05, 4.69) is 24.3 Å². The summed E-state index contributed by atoms with van der Waals surface area (Å²) >= 11 is 0. The molecule has 2 aliphatic rings. The first-order valence-corrected chi connectivity index (χ1v) is 9.93. The zero-order chi connectivity index (χ0) is 20.2. The number of Topliss-reactive ketones (excluding diaryl/α,β-unsaturated/α-hetero) is 1. The van der Waals surface area contributed by atoms with Crippen LogP contribution in [0.1, 0.15) is 43.7 Å². The van der Waals surface area contributed by atoms with E-state index in [1.54, 1.807) is 4.68 Å². The summed E-state index contributed by atoms with van der Waals surface area (Å²) in [7, 11) is 0. The highest BCUT2D eigenvalue weighted by atomic mass is 16.1. The lowest BCUT2D eigenvalue weighted by molar-refractivity contribution is -0.118. The summed E-state index contributed by atoms with van der Waals surface area (Å²) in [6.45, 7) is 4.22. The number of aromatic nitrogens is 2. The molecule has 0 radical (unpaired) electrons. The van der Waals surface area contributed by atoms with Gasteiger partial charge in [0.15, 0.2) is 5.78 Å². The summed E-state index contributed by atoms with van der Waals surface area (Å²) in [6.07, 6.45) is 1.26. The normalized spacial score (nSPS) is 20.1. The number of nitrogens with zero attached hydrogens (tertiary/aromatic N) is 1. The molecule has 0 saturated heterocycles. The Labute approximate surface area is 169 Å². The van der Waals surface area contributed by atoms with E-state index in [1.165, 1.54) is 0 Å². The quantitative estimate of drug-likeness (QED) is 0.688. The molecule has 0 unspecified atom stereocenters. The number of benzene rings is 2. The Morgan fingerprint density at radius 1 is 0.931 bits per heavy atom. The molecule has 1 aliphatic carbocycles.